The molecule has 2 aromatic rings. The van der Waals surface area contributed by atoms with E-state index < -0.39 is 17.6 Å². The maximum absolute atomic E-state index is 13.4. The van der Waals surface area contributed by atoms with Crippen molar-refractivity contribution in [3.8, 4) is 22.9 Å². The van der Waals surface area contributed by atoms with E-state index in [4.69, 9.17) is 25.8 Å². The van der Waals surface area contributed by atoms with Crippen LogP contribution >= 0.6 is 11.6 Å². The zero-order chi connectivity index (χ0) is 25.8. The molecule has 1 fully saturated rings. The number of benzene rings is 1. The van der Waals surface area contributed by atoms with Gasteiger partial charge in [-0.1, -0.05) is 11.6 Å². The molecule has 0 N–H and O–H groups in total. The fourth-order valence-electron chi connectivity index (χ4n) is 4.59. The number of rotatable bonds is 7. The second-order valence-electron chi connectivity index (χ2n) is 9.97. The second-order valence-corrected chi connectivity index (χ2v) is 10.4. The van der Waals surface area contributed by atoms with Crippen molar-refractivity contribution in [2.24, 2.45) is 5.92 Å². The first-order valence-corrected chi connectivity index (χ1v) is 12.2. The van der Waals surface area contributed by atoms with Crippen LogP contribution < -0.4 is 10.3 Å². The molecule has 1 saturated carbocycles. The monoisotopic (exact) mass is 500 g/mol. The number of carbonyl (C=O) groups is 1. The minimum Gasteiger partial charge on any atom is -0.495 e. The first-order valence-electron chi connectivity index (χ1n) is 11.8. The lowest BCUT2D eigenvalue weighted by molar-refractivity contribution is -0.160. The predicted octanol–water partition coefficient (Wildman–Crippen LogP) is 5.53. The Labute approximate surface area is 211 Å². The Morgan fingerprint density at radius 3 is 2.43 bits per heavy atom. The molecule has 1 unspecified atom stereocenters. The largest absolute Gasteiger partial charge is 0.495 e. The van der Waals surface area contributed by atoms with Gasteiger partial charge in [-0.2, -0.15) is 5.26 Å². The summed E-state index contributed by atoms with van der Waals surface area (Å²) in [6, 6.07) is 7.56. The molecule has 1 aromatic heterocycles. The molecule has 3 rings (SSSR count). The van der Waals surface area contributed by atoms with E-state index in [-0.39, 0.29) is 17.6 Å². The Morgan fingerprint density at radius 1 is 1.17 bits per heavy atom. The SMILES string of the molecule is COc1cn(C(C[C@H]2CC[C@@H](OC)CC2)C(=O)OC(C)(C)C)c(=O)cc1-c1cc(Cl)ccc1C#N. The van der Waals surface area contributed by atoms with Gasteiger partial charge < -0.3 is 14.2 Å². The van der Waals surface area contributed by atoms with E-state index in [1.165, 1.54) is 23.9 Å². The number of halogens is 1. The third kappa shape index (κ3) is 6.65. The van der Waals surface area contributed by atoms with Crippen LogP contribution in [0.4, 0.5) is 0 Å². The highest BCUT2D eigenvalue weighted by Gasteiger charge is 2.32. The van der Waals surface area contributed by atoms with Gasteiger partial charge in [0.2, 0.25) is 0 Å². The van der Waals surface area contributed by atoms with Gasteiger partial charge in [0.15, 0.2) is 0 Å². The molecule has 0 bridgehead atoms. The van der Waals surface area contributed by atoms with E-state index in [9.17, 15) is 14.9 Å². The van der Waals surface area contributed by atoms with Crippen LogP contribution in [0.1, 0.15) is 64.5 Å². The van der Waals surface area contributed by atoms with Crippen molar-refractivity contribution >= 4 is 17.6 Å². The van der Waals surface area contributed by atoms with Crippen LogP contribution in [-0.4, -0.2) is 36.5 Å². The van der Waals surface area contributed by atoms with Crippen LogP contribution in [0.15, 0.2) is 35.3 Å². The molecule has 1 heterocycles. The van der Waals surface area contributed by atoms with Crippen LogP contribution in [-0.2, 0) is 14.3 Å². The number of aromatic nitrogens is 1. The Morgan fingerprint density at radius 2 is 1.86 bits per heavy atom. The number of hydrogen-bond donors (Lipinski definition) is 0. The molecular formula is C27H33ClN2O5. The Bertz CT molecular complexity index is 1150. The maximum atomic E-state index is 13.4. The van der Waals surface area contributed by atoms with E-state index in [1.54, 1.807) is 46.1 Å². The maximum Gasteiger partial charge on any atom is 0.329 e. The number of nitriles is 1. The smallest absolute Gasteiger partial charge is 0.329 e. The molecule has 0 saturated heterocycles. The van der Waals surface area contributed by atoms with Crippen molar-refractivity contribution in [1.82, 2.24) is 4.57 Å². The van der Waals surface area contributed by atoms with Gasteiger partial charge in [0.05, 0.1) is 31.0 Å². The summed E-state index contributed by atoms with van der Waals surface area (Å²) in [6.45, 7) is 5.42. The van der Waals surface area contributed by atoms with E-state index in [1.807, 2.05) is 0 Å². The highest BCUT2D eigenvalue weighted by molar-refractivity contribution is 6.31. The highest BCUT2D eigenvalue weighted by atomic mass is 35.5. The average Bonchev–Trinajstić information content (AvgIpc) is 2.81. The molecule has 0 aliphatic heterocycles. The third-order valence-electron chi connectivity index (χ3n) is 6.35. The van der Waals surface area contributed by atoms with Crippen LogP contribution in [0.5, 0.6) is 5.75 Å². The molecule has 1 atom stereocenters. The Kier molecular flexibility index (Phi) is 8.63. The van der Waals surface area contributed by atoms with Crippen molar-refractivity contribution < 1.29 is 19.0 Å². The topological polar surface area (TPSA) is 90.5 Å². The van der Waals surface area contributed by atoms with Gasteiger partial charge in [0.1, 0.15) is 17.4 Å². The van der Waals surface area contributed by atoms with E-state index in [0.717, 1.165) is 25.7 Å². The summed E-state index contributed by atoms with van der Waals surface area (Å²) < 4.78 is 18.2. The molecule has 1 aliphatic rings. The zero-order valence-corrected chi connectivity index (χ0v) is 21.7. The number of pyridine rings is 1. The molecule has 35 heavy (non-hydrogen) atoms. The second kappa shape index (κ2) is 11.3. The summed E-state index contributed by atoms with van der Waals surface area (Å²) in [6.07, 6.45) is 5.92. The minimum absolute atomic E-state index is 0.236. The number of hydrogen-bond acceptors (Lipinski definition) is 6. The summed E-state index contributed by atoms with van der Waals surface area (Å²) >= 11 is 6.17. The molecular weight excluding hydrogens is 468 g/mol. The Balaban J connectivity index is 2.04. The number of ether oxygens (including phenoxy) is 3. The molecule has 1 aliphatic carbocycles. The first kappa shape index (κ1) is 26.8. The zero-order valence-electron chi connectivity index (χ0n) is 21.0. The molecule has 0 amide bonds. The van der Waals surface area contributed by atoms with Crippen LogP contribution in [0.2, 0.25) is 5.02 Å². The van der Waals surface area contributed by atoms with Crippen molar-refractivity contribution in [2.45, 2.75) is 70.6 Å². The van der Waals surface area contributed by atoms with E-state index in [2.05, 4.69) is 6.07 Å². The molecule has 188 valence electrons. The summed E-state index contributed by atoms with van der Waals surface area (Å²) in [7, 11) is 3.21. The molecule has 0 radical (unpaired) electrons. The number of carbonyl (C=O) groups excluding carboxylic acids is 1. The number of esters is 1. The normalized spacial score (nSPS) is 19.0. The van der Waals surface area contributed by atoms with Gasteiger partial charge in [0.25, 0.3) is 5.56 Å². The Hall–Kier alpha value is -2.82. The lowest BCUT2D eigenvalue weighted by Gasteiger charge is -2.31. The summed E-state index contributed by atoms with van der Waals surface area (Å²) in [5.74, 6) is 0.165. The quantitative estimate of drug-likeness (QED) is 0.464. The summed E-state index contributed by atoms with van der Waals surface area (Å²) in [5.41, 5.74) is 0.220. The molecule has 8 heteroatoms. The number of nitrogens with zero attached hydrogens (tertiary/aromatic N) is 2. The van der Waals surface area contributed by atoms with Crippen LogP contribution in [0.25, 0.3) is 11.1 Å². The standard InChI is InChI=1S/C27H33ClN2O5/c1-27(2,3)35-26(32)23(12-17-6-10-20(33-4)11-7-17)30-16-24(34-5)22(14-25(30)31)21-13-19(28)9-8-18(21)15-29/h8-9,13-14,16-17,20,23H,6-7,10-12H2,1-5H3/t17-,20+,23?. The van der Waals surface area contributed by atoms with E-state index >= 15 is 0 Å². The van der Waals surface area contributed by atoms with Gasteiger partial charge in [0, 0.05) is 29.3 Å². The van der Waals surface area contributed by atoms with Crippen molar-refractivity contribution in [3.05, 3.63) is 51.4 Å². The van der Waals surface area contributed by atoms with Crippen molar-refractivity contribution in [2.75, 3.05) is 14.2 Å². The summed E-state index contributed by atoms with van der Waals surface area (Å²) in [4.78, 5) is 26.7. The van der Waals surface area contributed by atoms with Gasteiger partial charge in [-0.05, 0) is 77.0 Å². The average molecular weight is 501 g/mol. The van der Waals surface area contributed by atoms with E-state index in [0.29, 0.717) is 33.9 Å². The first-order chi connectivity index (χ1) is 16.6. The predicted molar refractivity (Wildman–Crippen MR) is 135 cm³/mol. The van der Waals surface area contributed by atoms with Crippen LogP contribution in [0, 0.1) is 17.2 Å². The number of methoxy groups -OCH3 is 2. The molecule has 1 aromatic carbocycles. The van der Waals surface area contributed by atoms with Crippen molar-refractivity contribution in [3.63, 3.8) is 0 Å². The van der Waals surface area contributed by atoms with Crippen LogP contribution in [0.3, 0.4) is 0 Å². The van der Waals surface area contributed by atoms with Gasteiger partial charge >= 0.3 is 5.97 Å². The van der Waals surface area contributed by atoms with Crippen molar-refractivity contribution in [1.29, 1.82) is 5.26 Å². The third-order valence-corrected chi connectivity index (χ3v) is 6.59. The minimum atomic E-state index is -0.802. The lowest BCUT2D eigenvalue weighted by Crippen LogP contribution is -2.36. The lowest BCUT2D eigenvalue weighted by atomic mass is 9.83. The molecule has 7 nitrogen and oxygen atoms in total. The van der Waals surface area contributed by atoms with Gasteiger partial charge in [-0.25, -0.2) is 4.79 Å². The summed E-state index contributed by atoms with van der Waals surface area (Å²) in [5, 5.41) is 9.99. The molecule has 0 spiro atoms. The van der Waals surface area contributed by atoms with Gasteiger partial charge in [-0.15, -0.1) is 0 Å². The fourth-order valence-corrected chi connectivity index (χ4v) is 4.77. The van der Waals surface area contributed by atoms with Gasteiger partial charge in [-0.3, -0.25) is 9.36 Å². The highest BCUT2D eigenvalue weighted by Crippen LogP contribution is 2.36. The fraction of sp³-hybridized carbons (Fsp3) is 0.519.